The number of carbonyl (C=O) groups is 4. The van der Waals surface area contributed by atoms with Crippen molar-refractivity contribution in [2.45, 2.75) is 15.2 Å². The molecule has 0 aromatic heterocycles. The SMILES string of the molecule is O=C(NC1C(=O)N2C(C(=O)O)=C(COC(=O)c3ccccc3)CS[C@@H]12)OCC(Cl)(Cl)Cl. The van der Waals surface area contributed by atoms with E-state index < -0.39 is 45.8 Å². The summed E-state index contributed by atoms with van der Waals surface area (Å²) in [6.07, 6.45) is -0.978. The van der Waals surface area contributed by atoms with Gasteiger partial charge in [-0.3, -0.25) is 9.69 Å². The van der Waals surface area contributed by atoms with Crippen molar-refractivity contribution in [3.63, 3.8) is 0 Å². The van der Waals surface area contributed by atoms with E-state index >= 15 is 0 Å². The monoisotopic (exact) mass is 508 g/mol. The zero-order chi connectivity index (χ0) is 22.8. The number of esters is 1. The Kier molecular flexibility index (Phi) is 7.25. The van der Waals surface area contributed by atoms with E-state index in [2.05, 4.69) is 5.32 Å². The normalized spacial score (nSPS) is 20.5. The maximum absolute atomic E-state index is 12.5. The van der Waals surface area contributed by atoms with Gasteiger partial charge in [0.1, 0.15) is 30.3 Å². The molecule has 0 radical (unpaired) electrons. The molecule has 166 valence electrons. The molecule has 1 fully saturated rings. The fourth-order valence-corrected chi connectivity index (χ4v) is 4.41. The highest BCUT2D eigenvalue weighted by molar-refractivity contribution is 8.00. The highest BCUT2D eigenvalue weighted by Gasteiger charge is 2.54. The van der Waals surface area contributed by atoms with Crippen molar-refractivity contribution in [3.8, 4) is 0 Å². The van der Waals surface area contributed by atoms with Crippen molar-refractivity contribution < 1.29 is 33.8 Å². The van der Waals surface area contributed by atoms with E-state index in [0.717, 1.165) is 4.90 Å². The van der Waals surface area contributed by atoms with Crippen LogP contribution in [0.5, 0.6) is 0 Å². The van der Waals surface area contributed by atoms with Gasteiger partial charge in [0, 0.05) is 11.3 Å². The number of β-lactam (4-membered cyclic amide) rings is 1. The number of benzene rings is 1. The number of nitrogens with one attached hydrogen (secondary N) is 1. The van der Waals surface area contributed by atoms with E-state index in [0.29, 0.717) is 5.56 Å². The molecule has 3 rings (SSSR count). The summed E-state index contributed by atoms with van der Waals surface area (Å²) in [5.41, 5.74) is 0.310. The number of fused-ring (bicyclic) bond motifs is 1. The van der Waals surface area contributed by atoms with Crippen molar-refractivity contribution in [1.29, 1.82) is 0 Å². The van der Waals surface area contributed by atoms with Crippen LogP contribution in [0.15, 0.2) is 41.6 Å². The maximum atomic E-state index is 12.5. The number of alkyl halides is 3. The highest BCUT2D eigenvalue weighted by atomic mass is 35.6. The second-order valence-electron chi connectivity index (χ2n) is 6.42. The fraction of sp³-hybridized carbons (Fsp3) is 0.333. The molecule has 0 aliphatic carbocycles. The molecule has 2 atom stereocenters. The minimum atomic E-state index is -1.81. The second-order valence-corrected chi connectivity index (χ2v) is 10.0. The molecule has 2 amide bonds. The second kappa shape index (κ2) is 9.56. The van der Waals surface area contributed by atoms with Crippen molar-refractivity contribution >= 4 is 70.5 Å². The van der Waals surface area contributed by atoms with Crippen LogP contribution in [0.2, 0.25) is 0 Å². The Balaban J connectivity index is 1.65. The van der Waals surface area contributed by atoms with Gasteiger partial charge in [0.15, 0.2) is 0 Å². The molecule has 0 saturated carbocycles. The Morgan fingerprint density at radius 3 is 2.48 bits per heavy atom. The first-order valence-electron chi connectivity index (χ1n) is 8.70. The lowest BCUT2D eigenvalue weighted by Gasteiger charge is -2.49. The molecule has 0 bridgehead atoms. The third kappa shape index (κ3) is 5.57. The number of halogens is 3. The minimum Gasteiger partial charge on any atom is -0.477 e. The van der Waals surface area contributed by atoms with E-state index in [4.69, 9.17) is 44.3 Å². The third-order valence-electron chi connectivity index (χ3n) is 4.28. The number of ether oxygens (including phenoxy) is 2. The summed E-state index contributed by atoms with van der Waals surface area (Å²) >= 11 is 17.7. The lowest BCUT2D eigenvalue weighted by Crippen LogP contribution is -2.70. The lowest BCUT2D eigenvalue weighted by molar-refractivity contribution is -0.149. The van der Waals surface area contributed by atoms with Crippen LogP contribution in [-0.4, -0.2) is 68.1 Å². The summed E-state index contributed by atoms with van der Waals surface area (Å²) in [5.74, 6) is -2.43. The van der Waals surface area contributed by atoms with E-state index in [9.17, 15) is 24.3 Å². The van der Waals surface area contributed by atoms with E-state index in [1.165, 1.54) is 11.8 Å². The first kappa shape index (κ1) is 23.5. The summed E-state index contributed by atoms with van der Waals surface area (Å²) in [4.78, 5) is 49.3. The number of aliphatic carboxylic acids is 1. The van der Waals surface area contributed by atoms with Crippen LogP contribution in [0.25, 0.3) is 0 Å². The summed E-state index contributed by atoms with van der Waals surface area (Å²) in [5, 5.41) is 11.3. The van der Waals surface area contributed by atoms with Crippen molar-refractivity contribution in [2.75, 3.05) is 19.0 Å². The molecule has 1 aromatic carbocycles. The topological polar surface area (TPSA) is 122 Å². The molecule has 2 N–H and O–H groups in total. The number of carbonyl (C=O) groups excluding carboxylic acids is 3. The van der Waals surface area contributed by atoms with Gasteiger partial charge < -0.3 is 19.9 Å². The van der Waals surface area contributed by atoms with Gasteiger partial charge in [-0.2, -0.15) is 0 Å². The Morgan fingerprint density at radius 1 is 1.19 bits per heavy atom. The van der Waals surface area contributed by atoms with Gasteiger partial charge in [-0.15, -0.1) is 11.8 Å². The number of hydrogen-bond acceptors (Lipinski definition) is 7. The molecule has 1 saturated heterocycles. The Bertz CT molecular complexity index is 936. The van der Waals surface area contributed by atoms with Crippen LogP contribution >= 0.6 is 46.6 Å². The number of nitrogens with zero attached hydrogens (tertiary/aromatic N) is 1. The Hall–Kier alpha value is -2.14. The summed E-state index contributed by atoms with van der Waals surface area (Å²) in [7, 11) is 0. The standard InChI is InChI=1S/C18H15Cl3N2O7S/c19-18(20,21)8-30-17(28)22-11-13(24)23-12(15(25)26)10(7-31-14(11)23)6-29-16(27)9-4-2-1-3-5-9/h1-5,11,14H,6-8H2,(H,22,28)(H,25,26)/t11?,14-/m0/s1. The number of thioether (sulfide) groups is 1. The van der Waals surface area contributed by atoms with Crippen LogP contribution in [-0.2, 0) is 19.1 Å². The van der Waals surface area contributed by atoms with E-state index in [1.807, 2.05) is 0 Å². The van der Waals surface area contributed by atoms with Crippen molar-refractivity contribution in [1.82, 2.24) is 10.2 Å². The number of carboxylic acids is 1. The molecular formula is C18H15Cl3N2O7S. The number of rotatable bonds is 6. The summed E-state index contributed by atoms with van der Waals surface area (Å²) in [6, 6.07) is 7.21. The smallest absolute Gasteiger partial charge is 0.408 e. The molecule has 31 heavy (non-hydrogen) atoms. The molecule has 1 unspecified atom stereocenters. The van der Waals surface area contributed by atoms with Gasteiger partial charge in [0.05, 0.1) is 5.56 Å². The molecule has 2 heterocycles. The van der Waals surface area contributed by atoms with Gasteiger partial charge in [-0.25, -0.2) is 14.4 Å². The van der Waals surface area contributed by atoms with Gasteiger partial charge in [-0.1, -0.05) is 53.0 Å². The van der Waals surface area contributed by atoms with Gasteiger partial charge in [-0.05, 0) is 12.1 Å². The molecule has 1 aromatic rings. The molecule has 0 spiro atoms. The van der Waals surface area contributed by atoms with Crippen LogP contribution in [0.4, 0.5) is 4.79 Å². The number of carboxylic acid groups (broad SMARTS) is 1. The number of alkyl carbamates (subject to hydrolysis) is 1. The molecular weight excluding hydrogens is 495 g/mol. The van der Waals surface area contributed by atoms with Crippen LogP contribution < -0.4 is 5.32 Å². The third-order valence-corrected chi connectivity index (χ3v) is 5.94. The predicted octanol–water partition coefficient (Wildman–Crippen LogP) is 2.56. The van der Waals surface area contributed by atoms with Crippen LogP contribution in [0, 0.1) is 0 Å². The first-order valence-corrected chi connectivity index (χ1v) is 10.9. The molecule has 13 heteroatoms. The predicted molar refractivity (Wildman–Crippen MR) is 113 cm³/mol. The van der Waals surface area contributed by atoms with E-state index in [-0.39, 0.29) is 23.6 Å². The van der Waals surface area contributed by atoms with Crippen LogP contribution in [0.3, 0.4) is 0 Å². The Morgan fingerprint density at radius 2 is 1.87 bits per heavy atom. The lowest BCUT2D eigenvalue weighted by atomic mass is 10.0. The van der Waals surface area contributed by atoms with E-state index in [1.54, 1.807) is 30.3 Å². The fourth-order valence-electron chi connectivity index (χ4n) is 2.92. The molecule has 2 aliphatic heterocycles. The average Bonchev–Trinajstić information content (AvgIpc) is 2.73. The minimum absolute atomic E-state index is 0.180. The van der Waals surface area contributed by atoms with Gasteiger partial charge in [0.2, 0.25) is 3.79 Å². The summed E-state index contributed by atoms with van der Waals surface area (Å²) < 4.78 is 8.13. The molecule has 9 nitrogen and oxygen atoms in total. The zero-order valence-electron chi connectivity index (χ0n) is 15.5. The zero-order valence-corrected chi connectivity index (χ0v) is 18.6. The van der Waals surface area contributed by atoms with Gasteiger partial charge in [0.25, 0.3) is 5.91 Å². The maximum Gasteiger partial charge on any atom is 0.408 e. The van der Waals surface area contributed by atoms with Crippen molar-refractivity contribution in [3.05, 3.63) is 47.2 Å². The number of hydrogen-bond donors (Lipinski definition) is 2. The summed E-state index contributed by atoms with van der Waals surface area (Å²) in [6.45, 7) is -0.814. The van der Waals surface area contributed by atoms with Crippen LogP contribution in [0.1, 0.15) is 10.4 Å². The highest BCUT2D eigenvalue weighted by Crippen LogP contribution is 2.40. The van der Waals surface area contributed by atoms with Crippen molar-refractivity contribution in [2.24, 2.45) is 0 Å². The Labute approximate surface area is 195 Å². The average molecular weight is 510 g/mol. The quantitative estimate of drug-likeness (QED) is 0.341. The number of amides is 2. The molecule has 2 aliphatic rings. The largest absolute Gasteiger partial charge is 0.477 e. The van der Waals surface area contributed by atoms with Gasteiger partial charge >= 0.3 is 18.0 Å². The first-order chi connectivity index (χ1) is 14.6.